The first-order chi connectivity index (χ1) is 8.56. The Kier molecular flexibility index (Phi) is 3.69. The summed E-state index contributed by atoms with van der Waals surface area (Å²) in [7, 11) is 0. The van der Waals surface area contributed by atoms with Crippen molar-refractivity contribution in [2.24, 2.45) is 0 Å². The summed E-state index contributed by atoms with van der Waals surface area (Å²) in [5.41, 5.74) is 0.755. The zero-order chi connectivity index (χ0) is 13.1. The van der Waals surface area contributed by atoms with Gasteiger partial charge in [0.2, 0.25) is 6.20 Å². The zero-order valence-corrected chi connectivity index (χ0v) is 10.5. The topological polar surface area (TPSA) is 56.3 Å². The third-order valence-corrected chi connectivity index (χ3v) is 2.93. The second-order valence-electron chi connectivity index (χ2n) is 3.43. The average Bonchev–Trinajstić information content (AvgIpc) is 2.79. The van der Waals surface area contributed by atoms with Crippen LogP contribution >= 0.6 is 23.2 Å². The fraction of sp³-hybridized carbons (Fsp3) is 0. The average molecular weight is 284 g/mol. The fourth-order valence-electron chi connectivity index (χ4n) is 1.38. The van der Waals surface area contributed by atoms with E-state index in [1.54, 1.807) is 30.3 Å². The summed E-state index contributed by atoms with van der Waals surface area (Å²) in [5.74, 6) is 0.962. The summed E-state index contributed by atoms with van der Waals surface area (Å²) in [4.78, 5) is 9.62. The Morgan fingerprint density at radius 2 is 1.94 bits per heavy atom. The molecule has 0 fully saturated rings. The van der Waals surface area contributed by atoms with Crippen LogP contribution in [0.1, 0.15) is 5.76 Å². The molecule has 0 aliphatic heterocycles. The molecule has 18 heavy (non-hydrogen) atoms. The molecule has 0 unspecified atom stereocenters. The van der Waals surface area contributed by atoms with E-state index < -0.39 is 4.92 Å². The molecule has 6 heteroatoms. The monoisotopic (exact) mass is 283 g/mol. The molecule has 0 radical (unpaired) electrons. The third-order valence-electron chi connectivity index (χ3n) is 2.19. The van der Waals surface area contributed by atoms with Gasteiger partial charge in [0.1, 0.15) is 11.5 Å². The smallest absolute Gasteiger partial charge is 0.238 e. The van der Waals surface area contributed by atoms with Crippen LogP contribution in [0.2, 0.25) is 10.0 Å². The Morgan fingerprint density at radius 3 is 2.61 bits per heavy atom. The van der Waals surface area contributed by atoms with E-state index in [2.05, 4.69) is 0 Å². The number of nitro groups is 1. The molecular weight excluding hydrogens is 277 g/mol. The molecule has 92 valence electrons. The molecule has 0 amide bonds. The van der Waals surface area contributed by atoms with E-state index >= 15 is 0 Å². The molecule has 0 saturated carbocycles. The van der Waals surface area contributed by atoms with Gasteiger partial charge in [-0.05, 0) is 30.3 Å². The van der Waals surface area contributed by atoms with Crippen LogP contribution in [0, 0.1) is 10.1 Å². The number of hydrogen-bond donors (Lipinski definition) is 0. The van der Waals surface area contributed by atoms with Crippen LogP contribution in [-0.2, 0) is 0 Å². The van der Waals surface area contributed by atoms with Crippen LogP contribution in [0.25, 0.3) is 17.4 Å². The van der Waals surface area contributed by atoms with Crippen molar-refractivity contribution in [3.8, 4) is 11.3 Å². The number of furan rings is 1. The summed E-state index contributed by atoms with van der Waals surface area (Å²) in [6, 6.07) is 8.43. The maximum absolute atomic E-state index is 10.2. The first kappa shape index (κ1) is 12.7. The van der Waals surface area contributed by atoms with Gasteiger partial charge in [-0.1, -0.05) is 23.2 Å². The minimum atomic E-state index is -0.554. The predicted molar refractivity (Wildman–Crippen MR) is 70.2 cm³/mol. The van der Waals surface area contributed by atoms with Gasteiger partial charge in [0.05, 0.1) is 21.0 Å². The van der Waals surface area contributed by atoms with E-state index in [1.807, 2.05) is 0 Å². The summed E-state index contributed by atoms with van der Waals surface area (Å²) >= 11 is 11.7. The van der Waals surface area contributed by atoms with Crippen LogP contribution in [0.3, 0.4) is 0 Å². The van der Waals surface area contributed by atoms with E-state index in [0.29, 0.717) is 21.6 Å². The Morgan fingerprint density at radius 1 is 1.17 bits per heavy atom. The summed E-state index contributed by atoms with van der Waals surface area (Å²) in [6.07, 6.45) is 2.10. The van der Waals surface area contributed by atoms with Crippen LogP contribution in [0.4, 0.5) is 0 Å². The van der Waals surface area contributed by atoms with Crippen molar-refractivity contribution in [3.63, 3.8) is 0 Å². The van der Waals surface area contributed by atoms with E-state index in [0.717, 1.165) is 11.8 Å². The lowest BCUT2D eigenvalue weighted by Crippen LogP contribution is -1.81. The van der Waals surface area contributed by atoms with Gasteiger partial charge >= 0.3 is 0 Å². The second kappa shape index (κ2) is 5.25. The predicted octanol–water partition coefficient (Wildman–Crippen LogP) is 4.50. The Bertz CT molecular complexity index is 620. The maximum Gasteiger partial charge on any atom is 0.238 e. The minimum Gasteiger partial charge on any atom is -0.457 e. The minimum absolute atomic E-state index is 0.396. The SMILES string of the molecule is O=[N+]([O-])C=Cc1ccc(-c2ccc(Cl)c(Cl)c2)o1. The molecule has 4 nitrogen and oxygen atoms in total. The van der Waals surface area contributed by atoms with Crippen molar-refractivity contribution < 1.29 is 9.34 Å². The van der Waals surface area contributed by atoms with E-state index in [1.165, 1.54) is 6.08 Å². The third kappa shape index (κ3) is 2.91. The highest BCUT2D eigenvalue weighted by Gasteiger charge is 2.06. The van der Waals surface area contributed by atoms with Gasteiger partial charge in [0.25, 0.3) is 0 Å². The van der Waals surface area contributed by atoms with E-state index in [-0.39, 0.29) is 0 Å². The van der Waals surface area contributed by atoms with Gasteiger partial charge in [0, 0.05) is 5.56 Å². The van der Waals surface area contributed by atoms with Crippen molar-refractivity contribution in [1.29, 1.82) is 0 Å². The van der Waals surface area contributed by atoms with Gasteiger partial charge in [-0.3, -0.25) is 10.1 Å². The van der Waals surface area contributed by atoms with Gasteiger partial charge < -0.3 is 4.42 Å². The molecular formula is C12H7Cl2NO3. The Balaban J connectivity index is 2.29. The molecule has 1 aromatic carbocycles. The molecule has 0 aliphatic rings. The lowest BCUT2D eigenvalue weighted by Gasteiger charge is -1.99. The zero-order valence-electron chi connectivity index (χ0n) is 8.97. The molecule has 0 spiro atoms. The molecule has 0 saturated heterocycles. The first-order valence-corrected chi connectivity index (χ1v) is 5.69. The van der Waals surface area contributed by atoms with Gasteiger partial charge in [0.15, 0.2) is 0 Å². The van der Waals surface area contributed by atoms with Crippen molar-refractivity contribution in [2.75, 3.05) is 0 Å². The second-order valence-corrected chi connectivity index (χ2v) is 4.25. The van der Waals surface area contributed by atoms with Crippen molar-refractivity contribution in [1.82, 2.24) is 0 Å². The molecule has 1 heterocycles. The van der Waals surface area contributed by atoms with E-state index in [9.17, 15) is 10.1 Å². The number of benzene rings is 1. The molecule has 0 atom stereocenters. The largest absolute Gasteiger partial charge is 0.457 e. The molecule has 0 N–H and O–H groups in total. The summed E-state index contributed by atoms with van der Waals surface area (Å²) in [6.45, 7) is 0. The van der Waals surface area contributed by atoms with Crippen molar-refractivity contribution in [3.05, 3.63) is 62.5 Å². The van der Waals surface area contributed by atoms with Crippen LogP contribution in [-0.4, -0.2) is 4.92 Å². The molecule has 0 aliphatic carbocycles. The summed E-state index contributed by atoms with van der Waals surface area (Å²) < 4.78 is 5.42. The summed E-state index contributed by atoms with van der Waals surface area (Å²) in [5, 5.41) is 11.1. The number of halogens is 2. The highest BCUT2D eigenvalue weighted by atomic mass is 35.5. The van der Waals surface area contributed by atoms with Crippen molar-refractivity contribution in [2.45, 2.75) is 0 Å². The number of nitrogens with zero attached hydrogens (tertiary/aromatic N) is 1. The highest BCUT2D eigenvalue weighted by molar-refractivity contribution is 6.42. The van der Waals surface area contributed by atoms with Crippen LogP contribution in [0.5, 0.6) is 0 Å². The Hall–Kier alpha value is -1.78. The van der Waals surface area contributed by atoms with E-state index in [4.69, 9.17) is 27.6 Å². The lowest BCUT2D eigenvalue weighted by molar-refractivity contribution is -0.401. The Labute approximate surface area is 113 Å². The number of hydrogen-bond acceptors (Lipinski definition) is 3. The van der Waals surface area contributed by atoms with Crippen LogP contribution in [0.15, 0.2) is 40.9 Å². The molecule has 1 aromatic heterocycles. The fourth-order valence-corrected chi connectivity index (χ4v) is 1.68. The standard InChI is InChI=1S/C12H7Cl2NO3/c13-10-3-1-8(7-11(10)14)12-4-2-9(18-12)5-6-15(16)17/h1-7H. The van der Waals surface area contributed by atoms with Gasteiger partial charge in [-0.25, -0.2) is 0 Å². The van der Waals surface area contributed by atoms with Gasteiger partial charge in [-0.2, -0.15) is 0 Å². The van der Waals surface area contributed by atoms with Crippen molar-refractivity contribution >= 4 is 29.3 Å². The molecule has 2 rings (SSSR count). The normalized spacial score (nSPS) is 11.0. The number of rotatable bonds is 3. The first-order valence-electron chi connectivity index (χ1n) is 4.93. The highest BCUT2D eigenvalue weighted by Crippen LogP contribution is 2.29. The molecule has 0 bridgehead atoms. The lowest BCUT2D eigenvalue weighted by atomic mass is 10.2. The van der Waals surface area contributed by atoms with Crippen LogP contribution < -0.4 is 0 Å². The van der Waals surface area contributed by atoms with Gasteiger partial charge in [-0.15, -0.1) is 0 Å². The maximum atomic E-state index is 10.2. The molecule has 2 aromatic rings. The quantitative estimate of drug-likeness (QED) is 0.615.